The third-order valence-electron chi connectivity index (χ3n) is 3.07. The van der Waals surface area contributed by atoms with Crippen LogP contribution in [0.15, 0.2) is 24.3 Å². The second-order valence-corrected chi connectivity index (χ2v) is 5.46. The van der Waals surface area contributed by atoms with E-state index in [1.807, 2.05) is 23.9 Å². The van der Waals surface area contributed by atoms with Crippen molar-refractivity contribution < 1.29 is 9.47 Å². The van der Waals surface area contributed by atoms with E-state index in [9.17, 15) is 0 Å². The molecule has 94 valence electrons. The summed E-state index contributed by atoms with van der Waals surface area (Å²) in [5, 5.41) is 0.544. The Balaban J connectivity index is 1.84. The highest BCUT2D eigenvalue weighted by molar-refractivity contribution is 7.99. The predicted molar refractivity (Wildman–Crippen MR) is 71.4 cm³/mol. The topological polar surface area (TPSA) is 44.5 Å². The van der Waals surface area contributed by atoms with Gasteiger partial charge in [0, 0.05) is 16.9 Å². The number of hydrogen-bond donors (Lipinski definition) is 1. The molecule has 17 heavy (non-hydrogen) atoms. The van der Waals surface area contributed by atoms with Gasteiger partial charge >= 0.3 is 0 Å². The van der Waals surface area contributed by atoms with Crippen LogP contribution in [0.2, 0.25) is 0 Å². The molecule has 1 saturated heterocycles. The molecule has 0 aromatic heterocycles. The van der Waals surface area contributed by atoms with Crippen LogP contribution in [0.3, 0.4) is 0 Å². The third kappa shape index (κ3) is 3.37. The van der Waals surface area contributed by atoms with Gasteiger partial charge in [-0.2, -0.15) is 11.8 Å². The summed E-state index contributed by atoms with van der Waals surface area (Å²) in [7, 11) is 1.69. The summed E-state index contributed by atoms with van der Waals surface area (Å²) < 4.78 is 10.6. The van der Waals surface area contributed by atoms with Crippen molar-refractivity contribution in [3.05, 3.63) is 29.8 Å². The summed E-state index contributed by atoms with van der Waals surface area (Å²) in [5.41, 5.74) is 7.04. The van der Waals surface area contributed by atoms with Gasteiger partial charge in [0.1, 0.15) is 5.75 Å². The minimum atomic E-state index is 0.512. The van der Waals surface area contributed by atoms with E-state index >= 15 is 0 Å². The van der Waals surface area contributed by atoms with Crippen molar-refractivity contribution in [3.63, 3.8) is 0 Å². The van der Waals surface area contributed by atoms with Crippen LogP contribution in [-0.2, 0) is 10.5 Å². The molecule has 1 fully saturated rings. The van der Waals surface area contributed by atoms with Crippen LogP contribution in [0.4, 0.5) is 0 Å². The first kappa shape index (κ1) is 12.7. The zero-order valence-electron chi connectivity index (χ0n) is 10.1. The highest BCUT2D eigenvalue weighted by Crippen LogP contribution is 2.28. The van der Waals surface area contributed by atoms with E-state index in [1.54, 1.807) is 7.11 Å². The number of nitrogens with two attached hydrogens (primary N) is 1. The van der Waals surface area contributed by atoms with Crippen LogP contribution in [0, 0.1) is 5.92 Å². The van der Waals surface area contributed by atoms with Gasteiger partial charge in [0.05, 0.1) is 20.3 Å². The summed E-state index contributed by atoms with van der Waals surface area (Å²) in [6.07, 6.45) is 0. The van der Waals surface area contributed by atoms with Crippen molar-refractivity contribution in [2.75, 3.05) is 26.9 Å². The smallest absolute Gasteiger partial charge is 0.118 e. The zero-order chi connectivity index (χ0) is 12.1. The van der Waals surface area contributed by atoms with E-state index < -0.39 is 0 Å². The van der Waals surface area contributed by atoms with Crippen LogP contribution in [0.25, 0.3) is 0 Å². The lowest BCUT2D eigenvalue weighted by molar-refractivity contribution is 0.187. The standard InChI is InChI=1S/C13H19NO2S/c1-15-12-4-2-10(3-5-12)9-17-13-8-16-7-11(13)6-14/h2-5,11,13H,6-9,14H2,1H3/t11-,13+/m0/s1. The fourth-order valence-electron chi connectivity index (χ4n) is 1.91. The van der Waals surface area contributed by atoms with E-state index in [1.165, 1.54) is 5.56 Å². The lowest BCUT2D eigenvalue weighted by Crippen LogP contribution is -2.23. The second-order valence-electron chi connectivity index (χ2n) is 4.23. The Labute approximate surface area is 107 Å². The first-order valence-electron chi connectivity index (χ1n) is 5.86. The molecule has 0 amide bonds. The first-order chi connectivity index (χ1) is 8.33. The first-order valence-corrected chi connectivity index (χ1v) is 6.90. The minimum Gasteiger partial charge on any atom is -0.497 e. The third-order valence-corrected chi connectivity index (χ3v) is 4.51. The molecule has 2 rings (SSSR count). The van der Waals surface area contributed by atoms with Gasteiger partial charge in [-0.05, 0) is 24.2 Å². The van der Waals surface area contributed by atoms with Gasteiger partial charge in [0.2, 0.25) is 0 Å². The molecule has 1 aromatic carbocycles. The number of hydrogen-bond acceptors (Lipinski definition) is 4. The SMILES string of the molecule is COc1ccc(CS[C@@H]2COC[C@@H]2CN)cc1. The Morgan fingerprint density at radius 3 is 2.76 bits per heavy atom. The Morgan fingerprint density at radius 2 is 2.12 bits per heavy atom. The van der Waals surface area contributed by atoms with E-state index in [0.29, 0.717) is 11.2 Å². The number of methoxy groups -OCH3 is 1. The molecule has 0 bridgehead atoms. The van der Waals surface area contributed by atoms with Crippen LogP contribution < -0.4 is 10.5 Å². The average Bonchev–Trinajstić information content (AvgIpc) is 2.84. The normalized spacial score (nSPS) is 23.9. The molecule has 1 aliphatic rings. The maximum atomic E-state index is 5.72. The summed E-state index contributed by atoms with van der Waals surface area (Å²) in [4.78, 5) is 0. The maximum absolute atomic E-state index is 5.72. The van der Waals surface area contributed by atoms with Crippen LogP contribution >= 0.6 is 11.8 Å². The Kier molecular flexibility index (Phi) is 4.71. The van der Waals surface area contributed by atoms with Crippen molar-refractivity contribution in [1.29, 1.82) is 0 Å². The predicted octanol–water partition coefficient (Wildman–Crippen LogP) is 1.90. The molecule has 0 spiro atoms. The Bertz CT molecular complexity index is 342. The van der Waals surface area contributed by atoms with Gasteiger partial charge in [-0.15, -0.1) is 0 Å². The van der Waals surface area contributed by atoms with Gasteiger partial charge in [0.15, 0.2) is 0 Å². The molecule has 1 aliphatic heterocycles. The number of ether oxygens (including phenoxy) is 2. The molecule has 3 nitrogen and oxygen atoms in total. The van der Waals surface area contributed by atoms with E-state index in [2.05, 4.69) is 12.1 Å². The van der Waals surface area contributed by atoms with Gasteiger partial charge in [-0.1, -0.05) is 12.1 Å². The molecule has 0 unspecified atom stereocenters. The molecular formula is C13H19NO2S. The molecule has 0 radical (unpaired) electrons. The molecule has 1 heterocycles. The van der Waals surface area contributed by atoms with Crippen molar-refractivity contribution in [2.45, 2.75) is 11.0 Å². The van der Waals surface area contributed by atoms with Gasteiger partial charge < -0.3 is 15.2 Å². The average molecular weight is 253 g/mol. The minimum absolute atomic E-state index is 0.512. The highest BCUT2D eigenvalue weighted by Gasteiger charge is 2.27. The molecule has 1 aromatic rings. The molecule has 2 atom stereocenters. The number of benzene rings is 1. The van der Waals surface area contributed by atoms with Gasteiger partial charge in [-0.3, -0.25) is 0 Å². The van der Waals surface area contributed by atoms with Gasteiger partial charge in [0.25, 0.3) is 0 Å². The molecule has 4 heteroatoms. The lowest BCUT2D eigenvalue weighted by atomic mass is 10.1. The lowest BCUT2D eigenvalue weighted by Gasteiger charge is -2.15. The highest BCUT2D eigenvalue weighted by atomic mass is 32.2. The van der Waals surface area contributed by atoms with Crippen molar-refractivity contribution in [2.24, 2.45) is 11.7 Å². The Hall–Kier alpha value is -0.710. The van der Waals surface area contributed by atoms with E-state index in [-0.39, 0.29) is 0 Å². The quantitative estimate of drug-likeness (QED) is 0.870. The number of thioether (sulfide) groups is 1. The second kappa shape index (κ2) is 6.28. The van der Waals surface area contributed by atoms with Crippen molar-refractivity contribution in [1.82, 2.24) is 0 Å². The van der Waals surface area contributed by atoms with Gasteiger partial charge in [-0.25, -0.2) is 0 Å². The van der Waals surface area contributed by atoms with E-state index in [0.717, 1.165) is 31.3 Å². The fourth-order valence-corrected chi connectivity index (χ4v) is 3.16. The summed E-state index contributed by atoms with van der Waals surface area (Å²) in [5.74, 6) is 2.43. The summed E-state index contributed by atoms with van der Waals surface area (Å²) in [6, 6.07) is 8.22. The largest absolute Gasteiger partial charge is 0.497 e. The summed E-state index contributed by atoms with van der Waals surface area (Å²) >= 11 is 1.94. The molecule has 0 saturated carbocycles. The van der Waals surface area contributed by atoms with Crippen LogP contribution in [-0.4, -0.2) is 32.1 Å². The monoisotopic (exact) mass is 253 g/mol. The fraction of sp³-hybridized carbons (Fsp3) is 0.538. The molecule has 2 N–H and O–H groups in total. The van der Waals surface area contributed by atoms with Crippen molar-refractivity contribution >= 4 is 11.8 Å². The molecular weight excluding hydrogens is 234 g/mol. The summed E-state index contributed by atoms with van der Waals surface area (Å²) in [6.45, 7) is 2.37. The van der Waals surface area contributed by atoms with Crippen LogP contribution in [0.1, 0.15) is 5.56 Å². The number of rotatable bonds is 5. The van der Waals surface area contributed by atoms with E-state index in [4.69, 9.17) is 15.2 Å². The Morgan fingerprint density at radius 1 is 1.35 bits per heavy atom. The van der Waals surface area contributed by atoms with Crippen LogP contribution in [0.5, 0.6) is 5.75 Å². The maximum Gasteiger partial charge on any atom is 0.118 e. The zero-order valence-corrected chi connectivity index (χ0v) is 10.9. The van der Waals surface area contributed by atoms with Crippen molar-refractivity contribution in [3.8, 4) is 5.75 Å². The molecule has 0 aliphatic carbocycles.